The maximum absolute atomic E-state index is 11.9. The number of amides is 1. The normalized spacial score (nSPS) is 11.3. The summed E-state index contributed by atoms with van der Waals surface area (Å²) in [6.45, 7) is 3.91. The number of aryl methyl sites for hydroxylation is 1. The molecule has 1 N–H and O–H groups in total. The number of hydrogen-bond acceptors (Lipinski definition) is 6. The quantitative estimate of drug-likeness (QED) is 0.430. The van der Waals surface area contributed by atoms with Crippen molar-refractivity contribution in [1.29, 1.82) is 0 Å². The molecule has 0 aliphatic carbocycles. The fourth-order valence-corrected chi connectivity index (χ4v) is 3.58. The van der Waals surface area contributed by atoms with E-state index in [1.54, 1.807) is 0 Å². The number of aromatic nitrogens is 4. The van der Waals surface area contributed by atoms with Crippen molar-refractivity contribution in [2.75, 3.05) is 25.5 Å². The molecule has 0 atom stereocenters. The van der Waals surface area contributed by atoms with Gasteiger partial charge in [0, 0.05) is 36.7 Å². The topological polar surface area (TPSA) is 81.9 Å². The van der Waals surface area contributed by atoms with E-state index in [2.05, 4.69) is 36.4 Å². The van der Waals surface area contributed by atoms with Gasteiger partial charge in [-0.2, -0.15) is 0 Å². The lowest BCUT2D eigenvalue weighted by atomic mass is 10.2. The molecule has 0 radical (unpaired) electrons. The molecule has 2 heterocycles. The number of benzene rings is 1. The van der Waals surface area contributed by atoms with Gasteiger partial charge in [-0.1, -0.05) is 27.7 Å². The van der Waals surface area contributed by atoms with Crippen LogP contribution in [-0.4, -0.2) is 51.2 Å². The van der Waals surface area contributed by atoms with Crippen molar-refractivity contribution in [3.05, 3.63) is 22.7 Å². The lowest BCUT2D eigenvalue weighted by Gasteiger charge is -2.04. The van der Waals surface area contributed by atoms with Gasteiger partial charge in [0.25, 0.3) is 0 Å². The second-order valence-electron chi connectivity index (χ2n) is 5.68. The van der Waals surface area contributed by atoms with E-state index in [0.717, 1.165) is 33.0 Å². The van der Waals surface area contributed by atoms with Gasteiger partial charge in [-0.3, -0.25) is 4.79 Å². The van der Waals surface area contributed by atoms with Crippen molar-refractivity contribution < 1.29 is 9.53 Å². The van der Waals surface area contributed by atoms with Gasteiger partial charge in [-0.15, -0.1) is 10.2 Å². The molecule has 0 aliphatic rings. The van der Waals surface area contributed by atoms with Gasteiger partial charge in [0.05, 0.1) is 11.3 Å². The molecule has 26 heavy (non-hydrogen) atoms. The number of carbonyl (C=O) groups excluding carboxylic acids is 1. The van der Waals surface area contributed by atoms with Gasteiger partial charge in [0.2, 0.25) is 11.1 Å². The summed E-state index contributed by atoms with van der Waals surface area (Å²) in [7, 11) is 1.95. The van der Waals surface area contributed by atoms with Gasteiger partial charge in [0.15, 0.2) is 5.65 Å². The molecule has 7 nitrogen and oxygen atoms in total. The van der Waals surface area contributed by atoms with Crippen molar-refractivity contribution in [1.82, 2.24) is 25.1 Å². The first-order chi connectivity index (χ1) is 12.6. The molecule has 1 aromatic carbocycles. The zero-order valence-electron chi connectivity index (χ0n) is 14.7. The van der Waals surface area contributed by atoms with Crippen LogP contribution < -0.4 is 5.32 Å². The van der Waals surface area contributed by atoms with E-state index in [-0.39, 0.29) is 11.7 Å². The minimum atomic E-state index is -0.0452. The number of ether oxygens (including phenoxy) is 1. The highest BCUT2D eigenvalue weighted by atomic mass is 79.9. The standard InChI is InChI=1S/C17H20BrN5O2S/c1-3-25-8-4-7-19-14(24)10-26-17-20-16-15(21-22-17)12-9-11(18)5-6-13(12)23(16)2/h5-6,9H,3-4,7-8,10H2,1-2H3,(H,19,24). The van der Waals surface area contributed by atoms with Gasteiger partial charge < -0.3 is 14.6 Å². The van der Waals surface area contributed by atoms with Crippen LogP contribution in [0, 0.1) is 0 Å². The number of hydrogen-bond donors (Lipinski definition) is 1. The van der Waals surface area contributed by atoms with Crippen LogP contribution in [0.4, 0.5) is 0 Å². The Hall–Kier alpha value is -1.71. The van der Waals surface area contributed by atoms with Crippen molar-refractivity contribution in [3.8, 4) is 0 Å². The van der Waals surface area contributed by atoms with Crippen LogP contribution in [-0.2, 0) is 16.6 Å². The maximum atomic E-state index is 11.9. The van der Waals surface area contributed by atoms with E-state index in [0.29, 0.717) is 24.9 Å². The average molecular weight is 438 g/mol. The van der Waals surface area contributed by atoms with Gasteiger partial charge in [0.1, 0.15) is 5.52 Å². The molecule has 0 aliphatic heterocycles. The SMILES string of the molecule is CCOCCCNC(=O)CSc1nnc2c3cc(Br)ccc3n(C)c2n1. The summed E-state index contributed by atoms with van der Waals surface area (Å²) in [4.78, 5) is 16.5. The molecule has 0 bridgehead atoms. The third kappa shape index (κ3) is 4.33. The van der Waals surface area contributed by atoms with E-state index >= 15 is 0 Å². The predicted octanol–water partition coefficient (Wildman–Crippen LogP) is 2.91. The van der Waals surface area contributed by atoms with Crippen LogP contribution in [0.15, 0.2) is 27.8 Å². The number of nitrogens with zero attached hydrogens (tertiary/aromatic N) is 4. The van der Waals surface area contributed by atoms with Gasteiger partial charge in [-0.25, -0.2) is 4.98 Å². The first-order valence-electron chi connectivity index (χ1n) is 8.35. The van der Waals surface area contributed by atoms with Crippen molar-refractivity contribution in [3.63, 3.8) is 0 Å². The third-order valence-corrected chi connectivity index (χ3v) is 5.20. The van der Waals surface area contributed by atoms with Crippen LogP contribution in [0.1, 0.15) is 13.3 Å². The van der Waals surface area contributed by atoms with E-state index in [9.17, 15) is 4.79 Å². The molecule has 0 spiro atoms. The molecule has 0 fully saturated rings. The van der Waals surface area contributed by atoms with E-state index in [4.69, 9.17) is 4.74 Å². The van der Waals surface area contributed by atoms with Crippen molar-refractivity contribution >= 4 is 55.7 Å². The van der Waals surface area contributed by atoms with Gasteiger partial charge in [-0.05, 0) is 31.5 Å². The molecule has 3 rings (SSSR count). The Kier molecular flexibility index (Phi) is 6.44. The summed E-state index contributed by atoms with van der Waals surface area (Å²) in [6, 6.07) is 6.02. The second kappa shape index (κ2) is 8.79. The van der Waals surface area contributed by atoms with Crippen LogP contribution in [0.5, 0.6) is 0 Å². The van der Waals surface area contributed by atoms with E-state index in [1.165, 1.54) is 11.8 Å². The molecule has 0 saturated heterocycles. The highest BCUT2D eigenvalue weighted by molar-refractivity contribution is 9.10. The first-order valence-corrected chi connectivity index (χ1v) is 10.1. The number of carbonyl (C=O) groups is 1. The van der Waals surface area contributed by atoms with Crippen molar-refractivity contribution in [2.45, 2.75) is 18.5 Å². The minimum absolute atomic E-state index is 0.0452. The Balaban J connectivity index is 1.65. The fourth-order valence-electron chi connectivity index (χ4n) is 2.60. The first kappa shape index (κ1) is 19.1. The lowest BCUT2D eigenvalue weighted by Crippen LogP contribution is -2.27. The maximum Gasteiger partial charge on any atom is 0.230 e. The highest BCUT2D eigenvalue weighted by Gasteiger charge is 2.14. The van der Waals surface area contributed by atoms with E-state index < -0.39 is 0 Å². The predicted molar refractivity (Wildman–Crippen MR) is 106 cm³/mol. The van der Waals surface area contributed by atoms with Crippen LogP contribution in [0.25, 0.3) is 22.1 Å². The largest absolute Gasteiger partial charge is 0.382 e. The molecule has 0 unspecified atom stereocenters. The number of thioether (sulfide) groups is 1. The molecule has 2 aromatic heterocycles. The fraction of sp³-hybridized carbons (Fsp3) is 0.412. The zero-order chi connectivity index (χ0) is 18.5. The summed E-state index contributed by atoms with van der Waals surface area (Å²) < 4.78 is 8.21. The van der Waals surface area contributed by atoms with Crippen LogP contribution >= 0.6 is 27.7 Å². The molecular formula is C17H20BrN5O2S. The summed E-state index contributed by atoms with van der Waals surface area (Å²) in [5.41, 5.74) is 2.56. The molecule has 0 saturated carbocycles. The monoisotopic (exact) mass is 437 g/mol. The number of halogens is 1. The summed E-state index contributed by atoms with van der Waals surface area (Å²) in [5, 5.41) is 12.8. The number of fused-ring (bicyclic) bond motifs is 3. The van der Waals surface area contributed by atoms with E-state index in [1.807, 2.05) is 36.7 Å². The molecule has 1 amide bonds. The highest BCUT2D eigenvalue weighted by Crippen LogP contribution is 2.28. The van der Waals surface area contributed by atoms with Crippen molar-refractivity contribution in [2.24, 2.45) is 7.05 Å². The Bertz CT molecular complexity index is 930. The zero-order valence-corrected chi connectivity index (χ0v) is 17.1. The molecule has 138 valence electrons. The van der Waals surface area contributed by atoms with Crippen LogP contribution in [0.2, 0.25) is 0 Å². The Morgan fingerprint density at radius 2 is 2.23 bits per heavy atom. The lowest BCUT2D eigenvalue weighted by molar-refractivity contribution is -0.118. The Morgan fingerprint density at radius 1 is 1.38 bits per heavy atom. The summed E-state index contributed by atoms with van der Waals surface area (Å²) in [6.07, 6.45) is 0.805. The van der Waals surface area contributed by atoms with Crippen LogP contribution in [0.3, 0.4) is 0 Å². The summed E-state index contributed by atoms with van der Waals surface area (Å²) >= 11 is 4.77. The Morgan fingerprint density at radius 3 is 3.04 bits per heavy atom. The summed E-state index contributed by atoms with van der Waals surface area (Å²) in [5.74, 6) is 0.216. The Labute approximate surface area is 164 Å². The smallest absolute Gasteiger partial charge is 0.230 e. The molecule has 9 heteroatoms. The molecular weight excluding hydrogens is 418 g/mol. The molecule has 3 aromatic rings. The third-order valence-electron chi connectivity index (χ3n) is 3.87. The number of rotatable bonds is 8. The second-order valence-corrected chi connectivity index (χ2v) is 7.53. The average Bonchev–Trinajstić information content (AvgIpc) is 2.91. The minimum Gasteiger partial charge on any atom is -0.382 e. The number of nitrogens with one attached hydrogen (secondary N) is 1. The van der Waals surface area contributed by atoms with Gasteiger partial charge >= 0.3 is 0 Å².